The predicted molar refractivity (Wildman–Crippen MR) is 90.4 cm³/mol. The van der Waals surface area contributed by atoms with Crippen molar-refractivity contribution < 1.29 is 9.47 Å². The molecule has 1 aromatic rings. The molecule has 2 nitrogen and oxygen atoms in total. The van der Waals surface area contributed by atoms with Crippen molar-refractivity contribution in [2.24, 2.45) is 0 Å². The maximum Gasteiger partial charge on any atom is 0.192 e. The molecule has 0 radical (unpaired) electrons. The van der Waals surface area contributed by atoms with Gasteiger partial charge in [0.15, 0.2) is 5.79 Å². The van der Waals surface area contributed by atoms with E-state index in [0.29, 0.717) is 6.61 Å². The van der Waals surface area contributed by atoms with Gasteiger partial charge in [-0.3, -0.25) is 0 Å². The zero-order valence-corrected chi connectivity index (χ0v) is 13.9. The molecule has 1 aliphatic rings. The zero-order chi connectivity index (χ0) is 15.0. The number of hydrogen-bond donors (Lipinski definition) is 0. The fourth-order valence-electron chi connectivity index (χ4n) is 2.42. The number of unbranched alkanes of at least 4 members (excludes halogenated alkanes) is 3. The van der Waals surface area contributed by atoms with Gasteiger partial charge in [-0.25, -0.2) is 0 Å². The molecule has 1 heterocycles. The summed E-state index contributed by atoms with van der Waals surface area (Å²) in [6.07, 6.45) is 7.52. The van der Waals surface area contributed by atoms with Crippen LogP contribution in [0.5, 0.6) is 0 Å². The highest BCUT2D eigenvalue weighted by Gasteiger charge is 2.38. The molecular weight excluding hydrogens is 280 g/mol. The minimum Gasteiger partial charge on any atom is -0.343 e. The maximum absolute atomic E-state index is 6.10. The Morgan fingerprint density at radius 1 is 1.29 bits per heavy atom. The SMILES string of the molecule is CCCCC/C=C/SCC1COC(C)(c2ccccc2)O1. The van der Waals surface area contributed by atoms with Crippen LogP contribution in [0.3, 0.4) is 0 Å². The topological polar surface area (TPSA) is 18.5 Å². The molecule has 0 N–H and O–H groups in total. The lowest BCUT2D eigenvalue weighted by Crippen LogP contribution is -2.24. The van der Waals surface area contributed by atoms with Crippen molar-refractivity contribution in [3.63, 3.8) is 0 Å². The summed E-state index contributed by atoms with van der Waals surface area (Å²) in [6, 6.07) is 10.2. The van der Waals surface area contributed by atoms with Crippen molar-refractivity contribution in [1.82, 2.24) is 0 Å². The smallest absolute Gasteiger partial charge is 0.192 e. The Hall–Kier alpha value is -0.770. The van der Waals surface area contributed by atoms with Crippen LogP contribution in [0.1, 0.15) is 45.1 Å². The van der Waals surface area contributed by atoms with Gasteiger partial charge in [-0.2, -0.15) is 0 Å². The van der Waals surface area contributed by atoms with E-state index in [4.69, 9.17) is 9.47 Å². The van der Waals surface area contributed by atoms with E-state index in [-0.39, 0.29) is 6.10 Å². The van der Waals surface area contributed by atoms with E-state index in [1.165, 1.54) is 25.7 Å². The number of rotatable bonds is 8. The fourth-order valence-corrected chi connectivity index (χ4v) is 3.19. The first kappa shape index (κ1) is 16.6. The van der Waals surface area contributed by atoms with Gasteiger partial charge < -0.3 is 9.47 Å². The molecule has 1 fully saturated rings. The van der Waals surface area contributed by atoms with E-state index < -0.39 is 5.79 Å². The summed E-state index contributed by atoms with van der Waals surface area (Å²) in [4.78, 5) is 0. The lowest BCUT2D eigenvalue weighted by molar-refractivity contribution is -0.159. The molecule has 21 heavy (non-hydrogen) atoms. The third-order valence-corrected chi connectivity index (χ3v) is 4.63. The molecule has 0 aromatic heterocycles. The first-order valence-corrected chi connectivity index (χ1v) is 8.93. The molecule has 0 amide bonds. The van der Waals surface area contributed by atoms with Gasteiger partial charge in [-0.05, 0) is 25.2 Å². The summed E-state index contributed by atoms with van der Waals surface area (Å²) in [5, 5.41) is 2.21. The number of thioether (sulfide) groups is 1. The van der Waals surface area contributed by atoms with E-state index in [1.807, 2.05) is 36.9 Å². The van der Waals surface area contributed by atoms with Gasteiger partial charge >= 0.3 is 0 Å². The monoisotopic (exact) mass is 306 g/mol. The average molecular weight is 306 g/mol. The Morgan fingerprint density at radius 3 is 2.86 bits per heavy atom. The van der Waals surface area contributed by atoms with E-state index in [2.05, 4.69) is 30.5 Å². The summed E-state index contributed by atoms with van der Waals surface area (Å²) in [5.74, 6) is 0.365. The van der Waals surface area contributed by atoms with Crippen molar-refractivity contribution in [3.8, 4) is 0 Å². The highest BCUT2D eigenvalue weighted by atomic mass is 32.2. The number of ether oxygens (including phenoxy) is 2. The minimum absolute atomic E-state index is 0.167. The molecule has 0 bridgehead atoms. The van der Waals surface area contributed by atoms with Crippen molar-refractivity contribution in [2.45, 2.75) is 51.4 Å². The van der Waals surface area contributed by atoms with Crippen molar-refractivity contribution >= 4 is 11.8 Å². The standard InChI is InChI=1S/C18H26O2S/c1-3-4-5-6-10-13-21-15-17-14-19-18(2,20-17)16-11-8-7-9-12-16/h7-13,17H,3-6,14-15H2,1-2H3/b13-10+. The zero-order valence-electron chi connectivity index (χ0n) is 13.1. The molecule has 2 atom stereocenters. The lowest BCUT2D eigenvalue weighted by atomic mass is 10.1. The molecule has 3 heteroatoms. The van der Waals surface area contributed by atoms with Crippen LogP contribution >= 0.6 is 11.8 Å². The van der Waals surface area contributed by atoms with Gasteiger partial charge in [0.05, 0.1) is 12.7 Å². The van der Waals surface area contributed by atoms with Crippen LogP contribution < -0.4 is 0 Å². The Bertz CT molecular complexity index is 432. The van der Waals surface area contributed by atoms with Gasteiger partial charge in [0.1, 0.15) is 0 Å². The first-order chi connectivity index (χ1) is 10.2. The normalized spacial score (nSPS) is 25.7. The van der Waals surface area contributed by atoms with Crippen LogP contribution in [-0.2, 0) is 15.3 Å². The summed E-state index contributed by atoms with van der Waals surface area (Å²) in [7, 11) is 0. The van der Waals surface area contributed by atoms with E-state index in [9.17, 15) is 0 Å². The summed E-state index contributed by atoms with van der Waals surface area (Å²) in [5.41, 5.74) is 1.09. The molecule has 1 saturated heterocycles. The van der Waals surface area contributed by atoms with Gasteiger partial charge in [-0.15, -0.1) is 11.8 Å². The van der Waals surface area contributed by atoms with Crippen LogP contribution in [0.4, 0.5) is 0 Å². The van der Waals surface area contributed by atoms with Crippen molar-refractivity contribution in [2.75, 3.05) is 12.4 Å². The Labute approximate surface area is 132 Å². The Balaban J connectivity index is 1.71. The molecule has 2 rings (SSSR count). The van der Waals surface area contributed by atoms with E-state index in [1.54, 1.807) is 0 Å². The summed E-state index contributed by atoms with van der Waals surface area (Å²) >= 11 is 1.82. The summed E-state index contributed by atoms with van der Waals surface area (Å²) < 4.78 is 12.0. The van der Waals surface area contributed by atoms with Crippen LogP contribution in [0, 0.1) is 0 Å². The molecule has 1 aromatic carbocycles. The largest absolute Gasteiger partial charge is 0.343 e. The van der Waals surface area contributed by atoms with Crippen LogP contribution in [-0.4, -0.2) is 18.5 Å². The second-order valence-corrected chi connectivity index (χ2v) is 6.50. The lowest BCUT2D eigenvalue weighted by Gasteiger charge is -2.23. The molecule has 0 spiro atoms. The average Bonchev–Trinajstić information content (AvgIpc) is 2.90. The molecular formula is C18H26O2S. The van der Waals surface area contributed by atoms with Gasteiger partial charge in [0.25, 0.3) is 0 Å². The number of hydrogen-bond acceptors (Lipinski definition) is 3. The Morgan fingerprint density at radius 2 is 2.10 bits per heavy atom. The van der Waals surface area contributed by atoms with Crippen LogP contribution in [0.2, 0.25) is 0 Å². The quantitative estimate of drug-likeness (QED) is 0.622. The van der Waals surface area contributed by atoms with Gasteiger partial charge in [0, 0.05) is 11.3 Å². The van der Waals surface area contributed by atoms with Crippen LogP contribution in [0.15, 0.2) is 41.8 Å². The van der Waals surface area contributed by atoms with E-state index >= 15 is 0 Å². The van der Waals surface area contributed by atoms with Gasteiger partial charge in [0.2, 0.25) is 0 Å². The highest BCUT2D eigenvalue weighted by Crippen LogP contribution is 2.34. The minimum atomic E-state index is -0.586. The fraction of sp³-hybridized carbons (Fsp3) is 0.556. The summed E-state index contributed by atoms with van der Waals surface area (Å²) in [6.45, 7) is 4.91. The first-order valence-electron chi connectivity index (χ1n) is 7.88. The van der Waals surface area contributed by atoms with Gasteiger partial charge in [-0.1, -0.05) is 56.2 Å². The predicted octanol–water partition coefficient (Wildman–Crippen LogP) is 5.10. The third-order valence-electron chi connectivity index (χ3n) is 3.68. The second-order valence-electron chi connectivity index (χ2n) is 5.56. The molecule has 0 saturated carbocycles. The molecule has 0 aliphatic carbocycles. The third kappa shape index (κ3) is 5.17. The maximum atomic E-state index is 6.10. The van der Waals surface area contributed by atoms with Crippen LogP contribution in [0.25, 0.3) is 0 Å². The second kappa shape index (κ2) is 8.62. The van der Waals surface area contributed by atoms with Crippen molar-refractivity contribution in [3.05, 3.63) is 47.4 Å². The molecule has 1 aliphatic heterocycles. The molecule has 116 valence electrons. The highest BCUT2D eigenvalue weighted by molar-refractivity contribution is 8.02. The molecule has 2 unspecified atom stereocenters. The number of benzene rings is 1. The Kier molecular flexibility index (Phi) is 6.81. The van der Waals surface area contributed by atoms with Crippen molar-refractivity contribution in [1.29, 1.82) is 0 Å². The number of allylic oxidation sites excluding steroid dienone is 1. The van der Waals surface area contributed by atoms with E-state index in [0.717, 1.165) is 11.3 Å².